The monoisotopic (exact) mass is 330 g/mol. The maximum absolute atomic E-state index is 12.1. The number of ether oxygens (including phenoxy) is 1. The van der Waals surface area contributed by atoms with Gasteiger partial charge in [-0.2, -0.15) is 0 Å². The second-order valence-corrected chi connectivity index (χ2v) is 7.86. The van der Waals surface area contributed by atoms with Gasteiger partial charge in [0.15, 0.2) is 0 Å². The predicted octanol–water partition coefficient (Wildman–Crippen LogP) is 5.28. The van der Waals surface area contributed by atoms with E-state index in [0.29, 0.717) is 5.92 Å². The summed E-state index contributed by atoms with van der Waals surface area (Å²) >= 11 is 0. The Morgan fingerprint density at radius 3 is 2.38 bits per heavy atom. The van der Waals surface area contributed by atoms with E-state index in [9.17, 15) is 9.90 Å². The van der Waals surface area contributed by atoms with Crippen molar-refractivity contribution in [2.75, 3.05) is 7.11 Å². The lowest BCUT2D eigenvalue weighted by atomic mass is 9.68. The first-order valence-electron chi connectivity index (χ1n) is 9.48. The molecule has 0 unspecified atom stereocenters. The molecule has 0 atom stereocenters. The van der Waals surface area contributed by atoms with Crippen LogP contribution in [0.15, 0.2) is 18.2 Å². The Hall–Kier alpha value is -1.51. The Kier molecular flexibility index (Phi) is 5.17. The molecule has 2 aliphatic rings. The maximum atomic E-state index is 12.1. The largest absolute Gasteiger partial charge is 0.496 e. The van der Waals surface area contributed by atoms with Gasteiger partial charge < -0.3 is 9.84 Å². The van der Waals surface area contributed by atoms with Crippen molar-refractivity contribution >= 4 is 5.97 Å². The number of carbonyl (C=O) groups is 1. The average Bonchev–Trinajstić information content (AvgIpc) is 2.62. The minimum Gasteiger partial charge on any atom is -0.496 e. The summed E-state index contributed by atoms with van der Waals surface area (Å²) in [6, 6.07) is 6.16. The molecule has 0 heterocycles. The van der Waals surface area contributed by atoms with E-state index in [1.165, 1.54) is 31.2 Å². The van der Waals surface area contributed by atoms with Crippen LogP contribution in [0.1, 0.15) is 81.8 Å². The molecule has 2 fully saturated rings. The molecular formula is C21H30O3. The highest BCUT2D eigenvalue weighted by atomic mass is 16.5. The second-order valence-electron chi connectivity index (χ2n) is 7.86. The topological polar surface area (TPSA) is 46.5 Å². The van der Waals surface area contributed by atoms with Crippen molar-refractivity contribution in [3.63, 3.8) is 0 Å². The van der Waals surface area contributed by atoms with Gasteiger partial charge in [-0.25, -0.2) is 0 Å². The molecule has 0 saturated heterocycles. The number of hydrogen-bond donors (Lipinski definition) is 1. The molecule has 1 aromatic rings. The highest BCUT2D eigenvalue weighted by Gasteiger charge is 2.41. The third-order valence-electron chi connectivity index (χ3n) is 6.35. The third kappa shape index (κ3) is 3.18. The van der Waals surface area contributed by atoms with Gasteiger partial charge in [-0.05, 0) is 54.7 Å². The summed E-state index contributed by atoms with van der Waals surface area (Å²) in [6.45, 7) is 2.32. The van der Waals surface area contributed by atoms with Gasteiger partial charge in [0.05, 0.1) is 12.5 Å². The molecule has 3 rings (SSSR count). The molecular weight excluding hydrogens is 300 g/mol. The summed E-state index contributed by atoms with van der Waals surface area (Å²) in [5.41, 5.74) is 1.53. The predicted molar refractivity (Wildman–Crippen MR) is 95.8 cm³/mol. The first-order chi connectivity index (χ1) is 11.6. The fourth-order valence-corrected chi connectivity index (χ4v) is 4.70. The lowest BCUT2D eigenvalue weighted by Gasteiger charge is -2.35. The second kappa shape index (κ2) is 7.16. The molecule has 1 N–H and O–H groups in total. The molecule has 1 aromatic carbocycles. The van der Waals surface area contributed by atoms with Gasteiger partial charge in [-0.15, -0.1) is 0 Å². The Labute approximate surface area is 145 Å². The number of hydrogen-bond acceptors (Lipinski definition) is 2. The van der Waals surface area contributed by atoms with Gasteiger partial charge in [-0.1, -0.05) is 51.2 Å². The van der Waals surface area contributed by atoms with E-state index in [0.717, 1.165) is 49.3 Å². The molecule has 132 valence electrons. The van der Waals surface area contributed by atoms with E-state index in [2.05, 4.69) is 13.0 Å². The Morgan fingerprint density at radius 1 is 1.12 bits per heavy atom. The van der Waals surface area contributed by atoms with E-state index < -0.39 is 11.4 Å². The van der Waals surface area contributed by atoms with E-state index in [-0.39, 0.29) is 0 Å². The Bertz CT molecular complexity index is 579. The molecule has 2 aliphatic carbocycles. The molecule has 0 aromatic heterocycles. The standard InChI is InChI=1S/C21H30O3/c1-15-6-8-16(9-7-15)18-14-17(10-11-19(18)24-2)21(20(22)23)12-4-3-5-13-21/h10-11,14-16H,3-9,12-13H2,1-2H3,(H,22,23). The molecule has 0 aliphatic heterocycles. The molecule has 0 bridgehead atoms. The van der Waals surface area contributed by atoms with E-state index in [1.807, 2.05) is 12.1 Å². The van der Waals surface area contributed by atoms with Crippen LogP contribution < -0.4 is 4.74 Å². The summed E-state index contributed by atoms with van der Waals surface area (Å²) in [4.78, 5) is 12.1. The van der Waals surface area contributed by atoms with Crippen molar-refractivity contribution in [1.29, 1.82) is 0 Å². The van der Waals surface area contributed by atoms with Crippen LogP contribution >= 0.6 is 0 Å². The summed E-state index contributed by atoms with van der Waals surface area (Å²) < 4.78 is 5.61. The first kappa shape index (κ1) is 17.3. The molecule has 0 amide bonds. The third-order valence-corrected chi connectivity index (χ3v) is 6.35. The minimum absolute atomic E-state index is 0.505. The molecule has 0 radical (unpaired) electrons. The number of benzene rings is 1. The van der Waals surface area contributed by atoms with Crippen LogP contribution in [-0.4, -0.2) is 18.2 Å². The number of carboxylic acids is 1. The zero-order valence-corrected chi connectivity index (χ0v) is 15.0. The summed E-state index contributed by atoms with van der Waals surface area (Å²) in [5.74, 6) is 1.58. The fourth-order valence-electron chi connectivity index (χ4n) is 4.70. The summed E-state index contributed by atoms with van der Waals surface area (Å²) in [6.07, 6.45) is 9.56. The van der Waals surface area contributed by atoms with Crippen LogP contribution in [0.25, 0.3) is 0 Å². The molecule has 3 nitrogen and oxygen atoms in total. The van der Waals surface area contributed by atoms with Crippen LogP contribution in [-0.2, 0) is 10.2 Å². The molecule has 2 saturated carbocycles. The summed E-state index contributed by atoms with van der Waals surface area (Å²) in [7, 11) is 1.72. The lowest BCUT2D eigenvalue weighted by molar-refractivity contribution is -0.145. The van der Waals surface area contributed by atoms with Crippen molar-refractivity contribution < 1.29 is 14.6 Å². The lowest BCUT2D eigenvalue weighted by Crippen LogP contribution is -2.38. The highest BCUT2D eigenvalue weighted by molar-refractivity contribution is 5.81. The van der Waals surface area contributed by atoms with E-state index in [1.54, 1.807) is 7.11 Å². The number of carboxylic acid groups (broad SMARTS) is 1. The van der Waals surface area contributed by atoms with E-state index >= 15 is 0 Å². The number of methoxy groups -OCH3 is 1. The van der Waals surface area contributed by atoms with Crippen molar-refractivity contribution in [1.82, 2.24) is 0 Å². The van der Waals surface area contributed by atoms with Crippen LogP contribution in [0.3, 0.4) is 0 Å². The molecule has 24 heavy (non-hydrogen) atoms. The first-order valence-corrected chi connectivity index (χ1v) is 9.48. The van der Waals surface area contributed by atoms with Crippen molar-refractivity contribution in [2.45, 2.75) is 76.0 Å². The van der Waals surface area contributed by atoms with Gasteiger partial charge in [0.25, 0.3) is 0 Å². The smallest absolute Gasteiger partial charge is 0.314 e. The van der Waals surface area contributed by atoms with Gasteiger partial charge in [-0.3, -0.25) is 4.79 Å². The zero-order valence-electron chi connectivity index (χ0n) is 15.0. The Morgan fingerprint density at radius 2 is 1.79 bits per heavy atom. The normalized spacial score (nSPS) is 26.8. The van der Waals surface area contributed by atoms with Gasteiger partial charge in [0, 0.05) is 0 Å². The molecule has 3 heteroatoms. The van der Waals surface area contributed by atoms with Crippen LogP contribution in [0.5, 0.6) is 5.75 Å². The van der Waals surface area contributed by atoms with Crippen molar-refractivity contribution in [3.8, 4) is 5.75 Å². The molecule has 0 spiro atoms. The van der Waals surface area contributed by atoms with Crippen molar-refractivity contribution in [2.24, 2.45) is 5.92 Å². The maximum Gasteiger partial charge on any atom is 0.314 e. The van der Waals surface area contributed by atoms with Gasteiger partial charge in [0.2, 0.25) is 0 Å². The zero-order chi connectivity index (χ0) is 17.2. The van der Waals surface area contributed by atoms with Gasteiger partial charge >= 0.3 is 5.97 Å². The van der Waals surface area contributed by atoms with Crippen LogP contribution in [0.2, 0.25) is 0 Å². The van der Waals surface area contributed by atoms with Gasteiger partial charge in [0.1, 0.15) is 5.75 Å². The summed E-state index contributed by atoms with van der Waals surface area (Å²) in [5, 5.41) is 9.97. The van der Waals surface area contributed by atoms with Crippen molar-refractivity contribution in [3.05, 3.63) is 29.3 Å². The highest BCUT2D eigenvalue weighted by Crippen LogP contribution is 2.44. The minimum atomic E-state index is -0.693. The number of aliphatic carboxylic acids is 1. The van der Waals surface area contributed by atoms with Crippen LogP contribution in [0.4, 0.5) is 0 Å². The van der Waals surface area contributed by atoms with Crippen LogP contribution in [0, 0.1) is 5.92 Å². The quantitative estimate of drug-likeness (QED) is 0.817. The average molecular weight is 330 g/mol. The Balaban J connectivity index is 1.97. The van der Waals surface area contributed by atoms with E-state index in [4.69, 9.17) is 4.74 Å². The number of rotatable bonds is 4. The SMILES string of the molecule is COc1ccc(C2(C(=O)O)CCCCC2)cc1C1CCC(C)CC1. The fraction of sp³-hybridized carbons (Fsp3) is 0.667.